The van der Waals surface area contributed by atoms with Crippen LogP contribution in [0.4, 0.5) is 24.7 Å². The summed E-state index contributed by atoms with van der Waals surface area (Å²) in [7, 11) is 0. The molecule has 27 heavy (non-hydrogen) atoms. The highest BCUT2D eigenvalue weighted by molar-refractivity contribution is 9.10. The zero-order valence-electron chi connectivity index (χ0n) is 14.3. The summed E-state index contributed by atoms with van der Waals surface area (Å²) in [5.74, 6) is -0.251. The molecule has 0 aliphatic heterocycles. The minimum absolute atomic E-state index is 0.0295. The fraction of sp³-hybridized carbons (Fsp3) is 0.294. The van der Waals surface area contributed by atoms with Gasteiger partial charge >= 0.3 is 6.36 Å². The number of carbonyl (C=O) groups is 1. The van der Waals surface area contributed by atoms with Crippen LogP contribution >= 0.6 is 15.9 Å². The van der Waals surface area contributed by atoms with Crippen LogP contribution in [0.2, 0.25) is 0 Å². The quantitative estimate of drug-likeness (QED) is 0.674. The van der Waals surface area contributed by atoms with E-state index in [1.807, 2.05) is 11.8 Å². The summed E-state index contributed by atoms with van der Waals surface area (Å²) in [4.78, 5) is 18.4. The number of ether oxygens (including phenoxy) is 1. The van der Waals surface area contributed by atoms with Gasteiger partial charge in [0.05, 0.1) is 16.6 Å². The third kappa shape index (κ3) is 6.10. The first-order chi connectivity index (χ1) is 12.7. The number of likely N-dealkylation sites (N-methyl/N-ethyl adjacent to an activating group) is 1. The molecule has 2 aromatic rings. The summed E-state index contributed by atoms with van der Waals surface area (Å²) in [6.45, 7) is 2.92. The van der Waals surface area contributed by atoms with E-state index in [-0.39, 0.29) is 17.9 Å². The lowest BCUT2D eigenvalue weighted by atomic mass is 10.2. The molecule has 1 amide bonds. The number of nitrogens with one attached hydrogen (secondary N) is 1. The van der Waals surface area contributed by atoms with Gasteiger partial charge in [0.15, 0.2) is 0 Å². The predicted molar refractivity (Wildman–Crippen MR) is 98.0 cm³/mol. The third-order valence-corrected chi connectivity index (χ3v) is 4.06. The Labute approximate surface area is 162 Å². The molecular formula is C17H17BrF3N3O3. The van der Waals surface area contributed by atoms with Gasteiger partial charge in [0.2, 0.25) is 0 Å². The highest BCUT2D eigenvalue weighted by Gasteiger charge is 2.31. The molecule has 2 rings (SSSR count). The van der Waals surface area contributed by atoms with E-state index in [1.165, 1.54) is 18.3 Å². The molecule has 0 aliphatic carbocycles. The smallest absolute Gasteiger partial charge is 0.406 e. The Morgan fingerprint density at radius 2 is 2.00 bits per heavy atom. The van der Waals surface area contributed by atoms with E-state index < -0.39 is 12.3 Å². The van der Waals surface area contributed by atoms with Crippen molar-refractivity contribution in [1.29, 1.82) is 0 Å². The van der Waals surface area contributed by atoms with Gasteiger partial charge in [0.25, 0.3) is 5.91 Å². The van der Waals surface area contributed by atoms with Crippen molar-refractivity contribution in [3.05, 3.63) is 46.6 Å². The molecule has 146 valence electrons. The number of carbonyl (C=O) groups excluding carboxylic acids is 1. The monoisotopic (exact) mass is 447 g/mol. The summed E-state index contributed by atoms with van der Waals surface area (Å²) in [5, 5.41) is 11.7. The molecule has 0 saturated heterocycles. The molecule has 10 heteroatoms. The number of hydrogen-bond acceptors (Lipinski definition) is 5. The summed E-state index contributed by atoms with van der Waals surface area (Å²) >= 11 is 3.36. The number of amides is 1. The fourth-order valence-corrected chi connectivity index (χ4v) is 2.87. The van der Waals surface area contributed by atoms with E-state index in [1.54, 1.807) is 6.07 Å². The normalized spacial score (nSPS) is 11.2. The van der Waals surface area contributed by atoms with Crippen molar-refractivity contribution < 1.29 is 27.8 Å². The van der Waals surface area contributed by atoms with E-state index in [2.05, 4.69) is 31.0 Å². The number of aliphatic hydroxyl groups is 1. The van der Waals surface area contributed by atoms with E-state index in [4.69, 9.17) is 5.11 Å². The number of aromatic nitrogens is 1. The van der Waals surface area contributed by atoms with Crippen molar-refractivity contribution in [3.8, 4) is 5.75 Å². The van der Waals surface area contributed by atoms with Gasteiger partial charge in [-0.15, -0.1) is 13.2 Å². The van der Waals surface area contributed by atoms with Crippen LogP contribution in [0.3, 0.4) is 0 Å². The van der Waals surface area contributed by atoms with Gasteiger partial charge in [-0.1, -0.05) is 0 Å². The average Bonchev–Trinajstić information content (AvgIpc) is 2.60. The maximum atomic E-state index is 12.3. The van der Waals surface area contributed by atoms with Crippen molar-refractivity contribution >= 4 is 33.3 Å². The average molecular weight is 448 g/mol. The SMILES string of the molecule is CCN(CCO)c1ncc(C(=O)Nc2ccc(OC(F)(F)F)cc2)cc1Br. The Hall–Kier alpha value is -2.33. The van der Waals surface area contributed by atoms with Crippen LogP contribution < -0.4 is 15.0 Å². The first-order valence-electron chi connectivity index (χ1n) is 7.92. The van der Waals surface area contributed by atoms with Crippen LogP contribution in [0.15, 0.2) is 41.0 Å². The first kappa shape index (κ1) is 21.0. The van der Waals surface area contributed by atoms with E-state index >= 15 is 0 Å². The first-order valence-corrected chi connectivity index (χ1v) is 8.71. The molecule has 1 aromatic carbocycles. The number of alkyl halides is 3. The molecule has 1 heterocycles. The molecule has 0 aliphatic rings. The summed E-state index contributed by atoms with van der Waals surface area (Å²) in [5.41, 5.74) is 0.575. The highest BCUT2D eigenvalue weighted by atomic mass is 79.9. The Bertz CT molecular complexity index is 785. The van der Waals surface area contributed by atoms with Crippen molar-refractivity contribution in [2.45, 2.75) is 13.3 Å². The second-order valence-electron chi connectivity index (χ2n) is 5.36. The number of halogens is 4. The summed E-state index contributed by atoms with van der Waals surface area (Å²) in [6, 6.07) is 6.40. The number of anilines is 2. The Kier molecular flexibility index (Phi) is 7.03. The number of hydrogen-bond donors (Lipinski definition) is 2. The van der Waals surface area contributed by atoms with Gasteiger partial charge in [0.1, 0.15) is 11.6 Å². The van der Waals surface area contributed by atoms with Gasteiger partial charge in [-0.2, -0.15) is 0 Å². The molecular weight excluding hydrogens is 431 g/mol. The third-order valence-electron chi connectivity index (χ3n) is 3.48. The molecule has 0 radical (unpaired) electrons. The van der Waals surface area contributed by atoms with Crippen molar-refractivity contribution in [3.63, 3.8) is 0 Å². The number of nitrogens with zero attached hydrogens (tertiary/aromatic N) is 2. The number of aliphatic hydroxyl groups excluding tert-OH is 1. The van der Waals surface area contributed by atoms with Crippen LogP contribution in [0, 0.1) is 0 Å². The van der Waals surface area contributed by atoms with Crippen LogP contribution in [0.5, 0.6) is 5.75 Å². The fourth-order valence-electron chi connectivity index (χ4n) is 2.27. The van der Waals surface area contributed by atoms with E-state index in [0.717, 1.165) is 12.1 Å². The number of pyridine rings is 1. The van der Waals surface area contributed by atoms with Gasteiger partial charge < -0.3 is 20.1 Å². The Balaban J connectivity index is 2.08. The van der Waals surface area contributed by atoms with Gasteiger partial charge in [-0.3, -0.25) is 4.79 Å². The second-order valence-corrected chi connectivity index (χ2v) is 6.21. The maximum Gasteiger partial charge on any atom is 0.573 e. The lowest BCUT2D eigenvalue weighted by Gasteiger charge is -2.22. The molecule has 0 unspecified atom stereocenters. The minimum atomic E-state index is -4.77. The molecule has 0 fully saturated rings. The maximum absolute atomic E-state index is 12.3. The van der Waals surface area contributed by atoms with Gasteiger partial charge in [-0.25, -0.2) is 4.98 Å². The van der Waals surface area contributed by atoms with E-state index in [0.29, 0.717) is 29.1 Å². The van der Waals surface area contributed by atoms with E-state index in [9.17, 15) is 18.0 Å². The lowest BCUT2D eigenvalue weighted by molar-refractivity contribution is -0.274. The molecule has 0 saturated carbocycles. The topological polar surface area (TPSA) is 74.7 Å². The second kappa shape index (κ2) is 9.05. The Morgan fingerprint density at radius 1 is 1.33 bits per heavy atom. The zero-order chi connectivity index (χ0) is 20.0. The molecule has 6 nitrogen and oxygen atoms in total. The molecule has 2 N–H and O–H groups in total. The van der Waals surface area contributed by atoms with Gasteiger partial charge in [0, 0.05) is 25.0 Å². The minimum Gasteiger partial charge on any atom is -0.406 e. The van der Waals surface area contributed by atoms with Crippen LogP contribution in [0.1, 0.15) is 17.3 Å². The standard InChI is InChI=1S/C17H17BrF3N3O3/c1-2-24(7-8-25)15-14(18)9-11(10-22-15)16(26)23-12-3-5-13(6-4-12)27-17(19,20)21/h3-6,9-10,25H,2,7-8H2,1H3,(H,23,26). The largest absolute Gasteiger partial charge is 0.573 e. The van der Waals surface area contributed by atoms with Crippen molar-refractivity contribution in [1.82, 2.24) is 4.98 Å². The summed E-state index contributed by atoms with van der Waals surface area (Å²) in [6.07, 6.45) is -3.39. The predicted octanol–water partition coefficient (Wildman–Crippen LogP) is 3.81. The molecule has 0 bridgehead atoms. The number of benzene rings is 1. The van der Waals surface area contributed by atoms with Crippen molar-refractivity contribution in [2.75, 3.05) is 29.9 Å². The van der Waals surface area contributed by atoms with Gasteiger partial charge in [-0.05, 0) is 53.2 Å². The molecule has 0 spiro atoms. The van der Waals surface area contributed by atoms with Crippen LogP contribution in [-0.2, 0) is 0 Å². The lowest BCUT2D eigenvalue weighted by Crippen LogP contribution is -2.27. The van der Waals surface area contributed by atoms with Crippen LogP contribution in [-0.4, -0.2) is 42.1 Å². The highest BCUT2D eigenvalue weighted by Crippen LogP contribution is 2.26. The molecule has 0 atom stereocenters. The summed E-state index contributed by atoms with van der Waals surface area (Å²) < 4.78 is 40.8. The number of rotatable bonds is 7. The zero-order valence-corrected chi connectivity index (χ0v) is 15.8. The molecule has 1 aromatic heterocycles. The van der Waals surface area contributed by atoms with Crippen LogP contribution in [0.25, 0.3) is 0 Å². The Morgan fingerprint density at radius 3 is 2.52 bits per heavy atom. The van der Waals surface area contributed by atoms with Crippen molar-refractivity contribution in [2.24, 2.45) is 0 Å².